The third kappa shape index (κ3) is 5.73. The standard InChI is InChI=1S/C27H29N3O4/c1-19-10-13-25(28-16-19)29-26(31)22-9-6-14-30(17-22)27(32)21-11-12-23(24(15-21)33-2)34-18-20-7-4-3-5-8-20/h3-5,7-8,10-13,15-16,22H,6,9,14,17-18H2,1-2H3,(H,28,29,31). The van der Waals surface area contributed by atoms with E-state index in [9.17, 15) is 9.59 Å². The molecule has 1 aromatic heterocycles. The summed E-state index contributed by atoms with van der Waals surface area (Å²) in [6, 6.07) is 18.7. The molecule has 1 N–H and O–H groups in total. The number of methoxy groups -OCH3 is 1. The van der Waals surface area contributed by atoms with Crippen LogP contribution >= 0.6 is 0 Å². The van der Waals surface area contributed by atoms with E-state index in [2.05, 4.69) is 10.3 Å². The van der Waals surface area contributed by atoms with Crippen molar-refractivity contribution in [3.05, 3.63) is 83.6 Å². The van der Waals surface area contributed by atoms with Gasteiger partial charge < -0.3 is 19.7 Å². The third-order valence-corrected chi connectivity index (χ3v) is 5.89. The van der Waals surface area contributed by atoms with E-state index in [1.807, 2.05) is 43.3 Å². The average Bonchev–Trinajstić information content (AvgIpc) is 2.89. The Morgan fingerprint density at radius 3 is 2.65 bits per heavy atom. The molecule has 0 aliphatic carbocycles. The Balaban J connectivity index is 1.40. The lowest BCUT2D eigenvalue weighted by Crippen LogP contribution is -2.43. The third-order valence-electron chi connectivity index (χ3n) is 5.89. The summed E-state index contributed by atoms with van der Waals surface area (Å²) < 4.78 is 11.4. The van der Waals surface area contributed by atoms with Gasteiger partial charge in [-0.2, -0.15) is 0 Å². The van der Waals surface area contributed by atoms with E-state index in [0.29, 0.717) is 42.6 Å². The molecule has 2 aromatic carbocycles. The van der Waals surface area contributed by atoms with Gasteiger partial charge in [0.05, 0.1) is 13.0 Å². The SMILES string of the molecule is COc1cc(C(=O)N2CCCC(C(=O)Nc3ccc(C)cn3)C2)ccc1OCc1ccccc1. The van der Waals surface area contributed by atoms with Crippen molar-refractivity contribution in [2.75, 3.05) is 25.5 Å². The number of ether oxygens (including phenoxy) is 2. The second-order valence-corrected chi connectivity index (χ2v) is 8.44. The summed E-state index contributed by atoms with van der Waals surface area (Å²) in [5.74, 6) is 1.07. The number of aromatic nitrogens is 1. The predicted molar refractivity (Wildman–Crippen MR) is 130 cm³/mol. The lowest BCUT2D eigenvalue weighted by Gasteiger charge is -2.32. The van der Waals surface area contributed by atoms with Crippen molar-refractivity contribution in [1.82, 2.24) is 9.88 Å². The van der Waals surface area contributed by atoms with E-state index in [0.717, 1.165) is 24.0 Å². The molecule has 34 heavy (non-hydrogen) atoms. The van der Waals surface area contributed by atoms with Crippen LogP contribution in [0.1, 0.15) is 34.3 Å². The van der Waals surface area contributed by atoms with E-state index in [1.165, 1.54) is 0 Å². The summed E-state index contributed by atoms with van der Waals surface area (Å²) in [4.78, 5) is 31.9. The van der Waals surface area contributed by atoms with Gasteiger partial charge in [-0.3, -0.25) is 9.59 Å². The number of anilines is 1. The molecule has 176 valence electrons. The number of hydrogen-bond donors (Lipinski definition) is 1. The quantitative estimate of drug-likeness (QED) is 0.564. The molecule has 0 spiro atoms. The Kier molecular flexibility index (Phi) is 7.42. The molecule has 7 nitrogen and oxygen atoms in total. The minimum atomic E-state index is -0.281. The van der Waals surface area contributed by atoms with Gasteiger partial charge in [-0.15, -0.1) is 0 Å². The number of amides is 2. The minimum absolute atomic E-state index is 0.115. The van der Waals surface area contributed by atoms with E-state index in [-0.39, 0.29) is 17.7 Å². The summed E-state index contributed by atoms with van der Waals surface area (Å²) in [6.07, 6.45) is 3.21. The maximum Gasteiger partial charge on any atom is 0.254 e. The Morgan fingerprint density at radius 1 is 1.09 bits per heavy atom. The van der Waals surface area contributed by atoms with Crippen LogP contribution in [-0.4, -0.2) is 41.9 Å². The molecule has 1 aliphatic heterocycles. The van der Waals surface area contributed by atoms with Gasteiger partial charge in [-0.05, 0) is 55.2 Å². The second-order valence-electron chi connectivity index (χ2n) is 8.44. The van der Waals surface area contributed by atoms with Gasteiger partial charge in [0.25, 0.3) is 5.91 Å². The van der Waals surface area contributed by atoms with E-state index < -0.39 is 0 Å². The van der Waals surface area contributed by atoms with Crippen LogP contribution in [0.4, 0.5) is 5.82 Å². The predicted octanol–water partition coefficient (Wildman–Crippen LogP) is 4.47. The lowest BCUT2D eigenvalue weighted by atomic mass is 9.96. The van der Waals surface area contributed by atoms with Gasteiger partial charge >= 0.3 is 0 Å². The van der Waals surface area contributed by atoms with Crippen LogP contribution in [-0.2, 0) is 11.4 Å². The fourth-order valence-corrected chi connectivity index (χ4v) is 3.98. The van der Waals surface area contributed by atoms with Gasteiger partial charge in [0.2, 0.25) is 5.91 Å². The van der Waals surface area contributed by atoms with Crippen molar-refractivity contribution >= 4 is 17.6 Å². The lowest BCUT2D eigenvalue weighted by molar-refractivity contribution is -0.121. The summed E-state index contributed by atoms with van der Waals surface area (Å²) in [5, 5.41) is 2.87. The number of piperidine rings is 1. The number of pyridine rings is 1. The normalized spacial score (nSPS) is 15.5. The first-order valence-corrected chi connectivity index (χ1v) is 11.4. The van der Waals surface area contributed by atoms with Crippen LogP contribution in [0.15, 0.2) is 66.9 Å². The van der Waals surface area contributed by atoms with Gasteiger partial charge in [-0.1, -0.05) is 36.4 Å². The molecule has 0 radical (unpaired) electrons. The highest BCUT2D eigenvalue weighted by Crippen LogP contribution is 2.30. The van der Waals surface area contributed by atoms with Crippen LogP contribution in [0.2, 0.25) is 0 Å². The largest absolute Gasteiger partial charge is 0.493 e. The molecule has 1 atom stereocenters. The van der Waals surface area contributed by atoms with Gasteiger partial charge in [0.1, 0.15) is 12.4 Å². The number of carbonyl (C=O) groups is 2. The summed E-state index contributed by atoms with van der Waals surface area (Å²) in [7, 11) is 1.55. The van der Waals surface area contributed by atoms with Crippen molar-refractivity contribution in [1.29, 1.82) is 0 Å². The van der Waals surface area contributed by atoms with Crippen LogP contribution in [0.25, 0.3) is 0 Å². The summed E-state index contributed by atoms with van der Waals surface area (Å²) in [6.45, 7) is 3.33. The molecule has 7 heteroatoms. The first-order chi connectivity index (χ1) is 16.5. The molecule has 0 bridgehead atoms. The van der Waals surface area contributed by atoms with E-state index in [1.54, 1.807) is 42.5 Å². The Labute approximate surface area is 199 Å². The Hall–Kier alpha value is -3.87. The van der Waals surface area contributed by atoms with Crippen molar-refractivity contribution < 1.29 is 19.1 Å². The van der Waals surface area contributed by atoms with Gasteiger partial charge in [-0.25, -0.2) is 4.98 Å². The Morgan fingerprint density at radius 2 is 1.91 bits per heavy atom. The molecular formula is C27H29N3O4. The summed E-state index contributed by atoms with van der Waals surface area (Å²) in [5.41, 5.74) is 2.58. The maximum absolute atomic E-state index is 13.2. The second kappa shape index (κ2) is 10.8. The number of nitrogens with zero attached hydrogens (tertiary/aromatic N) is 2. The zero-order valence-electron chi connectivity index (χ0n) is 19.5. The van der Waals surface area contributed by atoms with Gasteiger partial charge in [0, 0.05) is 24.8 Å². The molecule has 2 heterocycles. The van der Waals surface area contributed by atoms with Crippen molar-refractivity contribution in [2.45, 2.75) is 26.4 Å². The monoisotopic (exact) mass is 459 g/mol. The number of rotatable bonds is 7. The fourth-order valence-electron chi connectivity index (χ4n) is 3.98. The van der Waals surface area contributed by atoms with Crippen molar-refractivity contribution in [3.63, 3.8) is 0 Å². The number of likely N-dealkylation sites (tertiary alicyclic amines) is 1. The van der Waals surface area contributed by atoms with E-state index >= 15 is 0 Å². The van der Waals surface area contributed by atoms with Crippen LogP contribution in [0.5, 0.6) is 11.5 Å². The van der Waals surface area contributed by atoms with Crippen LogP contribution < -0.4 is 14.8 Å². The highest BCUT2D eigenvalue weighted by Gasteiger charge is 2.29. The number of carbonyl (C=O) groups excluding carboxylic acids is 2. The molecule has 1 saturated heterocycles. The fraction of sp³-hybridized carbons (Fsp3) is 0.296. The molecule has 1 fully saturated rings. The first kappa shape index (κ1) is 23.3. The van der Waals surface area contributed by atoms with Gasteiger partial charge in [0.15, 0.2) is 11.5 Å². The number of nitrogens with one attached hydrogen (secondary N) is 1. The smallest absolute Gasteiger partial charge is 0.254 e. The van der Waals surface area contributed by atoms with Crippen molar-refractivity contribution in [3.8, 4) is 11.5 Å². The first-order valence-electron chi connectivity index (χ1n) is 11.4. The maximum atomic E-state index is 13.2. The molecule has 1 unspecified atom stereocenters. The molecule has 4 rings (SSSR count). The molecule has 2 amide bonds. The zero-order chi connectivity index (χ0) is 23.9. The summed E-state index contributed by atoms with van der Waals surface area (Å²) >= 11 is 0. The minimum Gasteiger partial charge on any atom is -0.493 e. The van der Waals surface area contributed by atoms with Crippen LogP contribution in [0, 0.1) is 12.8 Å². The van der Waals surface area contributed by atoms with Crippen LogP contribution in [0.3, 0.4) is 0 Å². The highest BCUT2D eigenvalue weighted by atomic mass is 16.5. The Bertz CT molecular complexity index is 1130. The number of hydrogen-bond acceptors (Lipinski definition) is 5. The van der Waals surface area contributed by atoms with E-state index in [4.69, 9.17) is 9.47 Å². The highest BCUT2D eigenvalue weighted by molar-refractivity contribution is 5.96. The zero-order valence-corrected chi connectivity index (χ0v) is 19.5. The molecular weight excluding hydrogens is 430 g/mol. The molecule has 0 saturated carbocycles. The van der Waals surface area contributed by atoms with Crippen molar-refractivity contribution in [2.24, 2.45) is 5.92 Å². The molecule has 1 aliphatic rings. The topological polar surface area (TPSA) is 80.8 Å². The number of benzene rings is 2. The molecule has 3 aromatic rings. The average molecular weight is 460 g/mol. The number of aryl methyl sites for hydroxylation is 1.